The van der Waals surface area contributed by atoms with Crippen molar-refractivity contribution in [2.75, 3.05) is 0 Å². The first kappa shape index (κ1) is 27.7. The van der Waals surface area contributed by atoms with Crippen molar-refractivity contribution in [3.8, 4) is 11.1 Å². The third-order valence-electron chi connectivity index (χ3n) is 6.95. The second kappa shape index (κ2) is 10.4. The Kier molecular flexibility index (Phi) is 7.60. The Morgan fingerprint density at radius 2 is 1.47 bits per heavy atom. The van der Waals surface area contributed by atoms with Crippen LogP contribution in [0, 0.1) is 18.2 Å². The van der Waals surface area contributed by atoms with E-state index < -0.39 is 23.3 Å². The Morgan fingerprint density at radius 1 is 0.895 bits per heavy atom. The average molecular weight is 526 g/mol. The van der Waals surface area contributed by atoms with E-state index in [-0.39, 0.29) is 34.7 Å². The predicted molar refractivity (Wildman–Crippen MR) is 139 cm³/mol. The maximum Gasteiger partial charge on any atom is 0.416 e. The number of carbonyl (C=O) groups excluding carboxylic acids is 2. The molecule has 0 atom stereocenters. The van der Waals surface area contributed by atoms with Crippen molar-refractivity contribution in [2.24, 2.45) is 5.41 Å². The Labute approximate surface area is 220 Å². The largest absolute Gasteiger partial charge is 0.416 e. The monoisotopic (exact) mass is 525 g/mol. The summed E-state index contributed by atoms with van der Waals surface area (Å²) in [5.41, 5.74) is 1.29. The molecular formula is C31H31F4NO2. The lowest BCUT2D eigenvalue weighted by Gasteiger charge is -2.24. The lowest BCUT2D eigenvalue weighted by Crippen LogP contribution is -2.20. The molecule has 38 heavy (non-hydrogen) atoms. The van der Waals surface area contributed by atoms with Gasteiger partial charge in [-0.15, -0.1) is 0 Å². The van der Waals surface area contributed by atoms with Crippen molar-refractivity contribution < 1.29 is 27.2 Å². The highest BCUT2D eigenvalue weighted by Gasteiger charge is 2.34. The van der Waals surface area contributed by atoms with E-state index in [2.05, 4.69) is 0 Å². The molecule has 1 heterocycles. The van der Waals surface area contributed by atoms with Crippen LogP contribution in [0.15, 0.2) is 48.5 Å². The standard InChI is InChI=1S/C31H31F4NO2/c1-18-25(24(37)17-30(2,3)4)26(19-11-15-23(32)16-12-19)27(28(36-18)20-7-5-6-8-20)29(38)21-9-13-22(14-10-21)31(33,34)35/h9-16,20H,5-8,17H2,1-4H3. The summed E-state index contributed by atoms with van der Waals surface area (Å²) >= 11 is 0. The maximum absolute atomic E-state index is 14.1. The Bertz CT molecular complexity index is 1350. The van der Waals surface area contributed by atoms with Crippen LogP contribution in [-0.4, -0.2) is 16.6 Å². The molecule has 0 saturated heterocycles. The van der Waals surface area contributed by atoms with Crippen molar-refractivity contribution in [1.29, 1.82) is 0 Å². The second-order valence-corrected chi connectivity index (χ2v) is 11.3. The van der Waals surface area contributed by atoms with Gasteiger partial charge in [-0.1, -0.05) is 57.9 Å². The number of hydrogen-bond acceptors (Lipinski definition) is 3. The molecule has 1 saturated carbocycles. The molecular weight excluding hydrogens is 494 g/mol. The van der Waals surface area contributed by atoms with Crippen LogP contribution in [0.1, 0.15) is 102 Å². The van der Waals surface area contributed by atoms with Crippen molar-refractivity contribution in [2.45, 2.75) is 71.9 Å². The predicted octanol–water partition coefficient (Wildman–Crippen LogP) is 8.72. The third kappa shape index (κ3) is 5.87. The first-order chi connectivity index (χ1) is 17.8. The Hall–Kier alpha value is -3.35. The number of aryl methyl sites for hydroxylation is 1. The lowest BCUT2D eigenvalue weighted by atomic mass is 9.80. The smallest absolute Gasteiger partial charge is 0.294 e. The summed E-state index contributed by atoms with van der Waals surface area (Å²) in [6.45, 7) is 7.55. The summed E-state index contributed by atoms with van der Waals surface area (Å²) in [4.78, 5) is 32.6. The van der Waals surface area contributed by atoms with E-state index in [4.69, 9.17) is 4.98 Å². The highest BCUT2D eigenvalue weighted by Crippen LogP contribution is 2.42. The van der Waals surface area contributed by atoms with Gasteiger partial charge in [-0.05, 0) is 55.0 Å². The molecule has 2 aromatic carbocycles. The van der Waals surface area contributed by atoms with Gasteiger partial charge < -0.3 is 0 Å². The molecule has 1 fully saturated rings. The molecule has 0 aliphatic heterocycles. The van der Waals surface area contributed by atoms with Gasteiger partial charge in [-0.25, -0.2) is 4.39 Å². The van der Waals surface area contributed by atoms with Crippen LogP contribution in [0.4, 0.5) is 17.6 Å². The zero-order valence-corrected chi connectivity index (χ0v) is 22.0. The first-order valence-corrected chi connectivity index (χ1v) is 12.8. The van der Waals surface area contributed by atoms with Crippen LogP contribution in [0.3, 0.4) is 0 Å². The molecule has 0 unspecified atom stereocenters. The summed E-state index contributed by atoms with van der Waals surface area (Å²) in [5, 5.41) is 0. The van der Waals surface area contributed by atoms with Crippen LogP contribution in [0.5, 0.6) is 0 Å². The number of carbonyl (C=O) groups is 2. The average Bonchev–Trinajstić information content (AvgIpc) is 3.37. The summed E-state index contributed by atoms with van der Waals surface area (Å²) in [6, 6.07) is 9.68. The highest BCUT2D eigenvalue weighted by molar-refractivity contribution is 6.17. The normalized spacial score (nSPS) is 14.6. The van der Waals surface area contributed by atoms with Gasteiger partial charge in [0, 0.05) is 34.7 Å². The number of Topliss-reactive ketones (excluding diaryl/α,β-unsaturated/α-hetero) is 1. The van der Waals surface area contributed by atoms with E-state index in [1.165, 1.54) is 24.3 Å². The summed E-state index contributed by atoms with van der Waals surface area (Å²) in [7, 11) is 0. The maximum atomic E-state index is 14.1. The van der Waals surface area contributed by atoms with Crippen LogP contribution in [0.2, 0.25) is 0 Å². The summed E-state index contributed by atoms with van der Waals surface area (Å²) in [6.07, 6.45) is -0.768. The number of pyridine rings is 1. The molecule has 1 aliphatic carbocycles. The quantitative estimate of drug-likeness (QED) is 0.239. The number of rotatable bonds is 6. The lowest BCUT2D eigenvalue weighted by molar-refractivity contribution is -0.137. The summed E-state index contributed by atoms with van der Waals surface area (Å²) in [5.74, 6) is -1.18. The van der Waals surface area contributed by atoms with Crippen LogP contribution < -0.4 is 0 Å². The number of benzene rings is 2. The fraction of sp³-hybridized carbons (Fsp3) is 0.387. The molecule has 3 aromatic rings. The molecule has 4 rings (SSSR count). The molecule has 0 N–H and O–H groups in total. The molecule has 0 radical (unpaired) electrons. The molecule has 7 heteroatoms. The number of halogens is 4. The van der Waals surface area contributed by atoms with E-state index in [1.54, 1.807) is 6.92 Å². The number of ketones is 2. The van der Waals surface area contributed by atoms with Gasteiger partial charge in [0.15, 0.2) is 11.6 Å². The van der Waals surface area contributed by atoms with Crippen LogP contribution in [-0.2, 0) is 6.18 Å². The van der Waals surface area contributed by atoms with Gasteiger partial charge in [-0.3, -0.25) is 14.6 Å². The fourth-order valence-electron chi connectivity index (χ4n) is 5.22. The third-order valence-corrected chi connectivity index (χ3v) is 6.95. The molecule has 200 valence electrons. The van der Waals surface area contributed by atoms with E-state index in [0.29, 0.717) is 28.1 Å². The Morgan fingerprint density at radius 3 is 2.00 bits per heavy atom. The first-order valence-electron chi connectivity index (χ1n) is 12.8. The van der Waals surface area contributed by atoms with Gasteiger partial charge in [0.25, 0.3) is 0 Å². The van der Waals surface area contributed by atoms with Gasteiger partial charge in [0.1, 0.15) is 5.82 Å². The molecule has 3 nitrogen and oxygen atoms in total. The fourth-order valence-corrected chi connectivity index (χ4v) is 5.22. The van der Waals surface area contributed by atoms with Gasteiger partial charge >= 0.3 is 6.18 Å². The van der Waals surface area contributed by atoms with E-state index in [9.17, 15) is 27.2 Å². The molecule has 0 spiro atoms. The minimum Gasteiger partial charge on any atom is -0.294 e. The molecule has 1 aliphatic rings. The SMILES string of the molecule is Cc1nc(C2CCCC2)c(C(=O)c2ccc(C(F)(F)F)cc2)c(-c2ccc(F)cc2)c1C(=O)CC(C)(C)C. The Balaban J connectivity index is 2.01. The minimum absolute atomic E-state index is 0.0203. The second-order valence-electron chi connectivity index (χ2n) is 11.3. The number of hydrogen-bond donors (Lipinski definition) is 0. The number of alkyl halides is 3. The van der Waals surface area contributed by atoms with Crippen molar-refractivity contribution in [1.82, 2.24) is 4.98 Å². The highest BCUT2D eigenvalue weighted by atomic mass is 19.4. The van der Waals surface area contributed by atoms with E-state index in [1.807, 2.05) is 20.8 Å². The zero-order valence-electron chi connectivity index (χ0n) is 22.0. The number of nitrogens with zero attached hydrogens (tertiary/aromatic N) is 1. The van der Waals surface area contributed by atoms with E-state index >= 15 is 0 Å². The van der Waals surface area contributed by atoms with Crippen LogP contribution in [0.25, 0.3) is 11.1 Å². The number of aromatic nitrogens is 1. The zero-order chi connectivity index (χ0) is 27.8. The van der Waals surface area contributed by atoms with Gasteiger partial charge in [0.05, 0.1) is 16.8 Å². The van der Waals surface area contributed by atoms with Gasteiger partial charge in [-0.2, -0.15) is 13.2 Å². The minimum atomic E-state index is -4.53. The van der Waals surface area contributed by atoms with Crippen LogP contribution >= 0.6 is 0 Å². The molecule has 0 bridgehead atoms. The van der Waals surface area contributed by atoms with Crippen molar-refractivity contribution >= 4 is 11.6 Å². The molecule has 0 amide bonds. The van der Waals surface area contributed by atoms with E-state index in [0.717, 1.165) is 49.9 Å². The topological polar surface area (TPSA) is 47.0 Å². The van der Waals surface area contributed by atoms with Gasteiger partial charge in [0.2, 0.25) is 0 Å². The summed E-state index contributed by atoms with van der Waals surface area (Å²) < 4.78 is 53.5. The molecule has 1 aromatic heterocycles. The van der Waals surface area contributed by atoms with Crippen molar-refractivity contribution in [3.05, 3.63) is 88.0 Å². The van der Waals surface area contributed by atoms with Crippen molar-refractivity contribution in [3.63, 3.8) is 0 Å².